The molecule has 0 radical (unpaired) electrons. The first-order valence-electron chi connectivity index (χ1n) is 8.19. The molecule has 138 valence electrons. The second-order valence-electron chi connectivity index (χ2n) is 6.64. The van der Waals surface area contributed by atoms with Crippen molar-refractivity contribution in [1.82, 2.24) is 0 Å². The maximum absolute atomic E-state index is 5.61. The third kappa shape index (κ3) is 3.62. The van der Waals surface area contributed by atoms with Crippen LogP contribution in [-0.2, 0) is 22.3 Å². The van der Waals surface area contributed by atoms with E-state index in [1.807, 2.05) is 22.7 Å². The Bertz CT molecular complexity index is 855. The minimum absolute atomic E-state index is 0.0597. The third-order valence-electron chi connectivity index (χ3n) is 4.72. The molecule has 3 aromatic rings. The van der Waals surface area contributed by atoms with E-state index in [-0.39, 0.29) is 5.41 Å². The normalized spacial score (nSPS) is 15.5. The quantitative estimate of drug-likeness (QED) is 0.328. The average Bonchev–Trinajstić information content (AvgIpc) is 3.33. The SMILES string of the molecule is COCC1(COC)Cc2c(-c3ccc(Br)s3)[se]c(-c3ccc(Br)s3)c2C1. The van der Waals surface area contributed by atoms with E-state index in [1.54, 1.807) is 34.2 Å². The first-order chi connectivity index (χ1) is 12.5. The standard InChI is InChI=1S/C19H18Br2O2S2Se/c1-22-9-19(10-23-2)7-11-12(8-19)18(14-4-6-16(21)25-14)26-17(11)13-3-5-15(20)24-13/h3-6H,7-10H2,1-2H3. The predicted octanol–water partition coefficient (Wildman–Crippen LogP) is 6.10. The van der Waals surface area contributed by atoms with E-state index in [0.29, 0.717) is 14.5 Å². The molecule has 0 aliphatic heterocycles. The van der Waals surface area contributed by atoms with Crippen LogP contribution in [0, 0.1) is 5.41 Å². The Morgan fingerprint density at radius 3 is 1.69 bits per heavy atom. The van der Waals surface area contributed by atoms with Crippen molar-refractivity contribution in [2.24, 2.45) is 5.41 Å². The van der Waals surface area contributed by atoms with E-state index >= 15 is 0 Å². The van der Waals surface area contributed by atoms with Crippen molar-refractivity contribution < 1.29 is 9.47 Å². The molecule has 0 aromatic carbocycles. The van der Waals surface area contributed by atoms with Gasteiger partial charge in [-0.25, -0.2) is 0 Å². The Balaban J connectivity index is 1.84. The van der Waals surface area contributed by atoms with Gasteiger partial charge in [0.1, 0.15) is 0 Å². The Hall–Kier alpha value is 0.279. The number of hydrogen-bond donors (Lipinski definition) is 0. The molecule has 0 atom stereocenters. The fourth-order valence-electron chi connectivity index (χ4n) is 3.81. The zero-order valence-corrected chi connectivity index (χ0v) is 21.0. The van der Waals surface area contributed by atoms with Crippen molar-refractivity contribution in [3.05, 3.63) is 43.0 Å². The van der Waals surface area contributed by atoms with E-state index in [2.05, 4.69) is 56.1 Å². The van der Waals surface area contributed by atoms with E-state index < -0.39 is 0 Å². The molecule has 4 rings (SSSR count). The second kappa shape index (κ2) is 7.96. The van der Waals surface area contributed by atoms with Gasteiger partial charge in [0.25, 0.3) is 0 Å². The molecule has 0 amide bonds. The van der Waals surface area contributed by atoms with Gasteiger partial charge in [-0.15, -0.1) is 0 Å². The molecule has 2 nitrogen and oxygen atoms in total. The van der Waals surface area contributed by atoms with Gasteiger partial charge in [0.2, 0.25) is 0 Å². The van der Waals surface area contributed by atoms with Crippen molar-refractivity contribution in [2.75, 3.05) is 27.4 Å². The predicted molar refractivity (Wildman–Crippen MR) is 119 cm³/mol. The van der Waals surface area contributed by atoms with Crippen LogP contribution in [0.4, 0.5) is 0 Å². The van der Waals surface area contributed by atoms with Crippen LogP contribution in [0.2, 0.25) is 0 Å². The third-order valence-corrected chi connectivity index (χ3v) is 11.4. The van der Waals surface area contributed by atoms with Crippen molar-refractivity contribution in [2.45, 2.75) is 12.8 Å². The van der Waals surface area contributed by atoms with Crippen LogP contribution in [0.3, 0.4) is 0 Å². The fraction of sp³-hybridized carbons (Fsp3) is 0.368. The molecular formula is C19H18Br2O2S2Se. The first-order valence-corrected chi connectivity index (χ1v) is 13.1. The number of halogens is 2. The van der Waals surface area contributed by atoms with E-state index in [9.17, 15) is 0 Å². The summed E-state index contributed by atoms with van der Waals surface area (Å²) >= 11 is 11.3. The Labute approximate surface area is 184 Å². The summed E-state index contributed by atoms with van der Waals surface area (Å²) in [6, 6.07) is 8.85. The van der Waals surface area contributed by atoms with Crippen LogP contribution in [0.25, 0.3) is 18.6 Å². The topological polar surface area (TPSA) is 18.5 Å². The van der Waals surface area contributed by atoms with Gasteiger partial charge in [-0.1, -0.05) is 0 Å². The average molecular weight is 581 g/mol. The number of hydrogen-bond acceptors (Lipinski definition) is 4. The molecule has 0 saturated carbocycles. The molecule has 0 saturated heterocycles. The molecule has 3 heterocycles. The summed E-state index contributed by atoms with van der Waals surface area (Å²) in [7, 11) is 3.60. The first kappa shape index (κ1) is 19.6. The molecule has 1 aliphatic carbocycles. The number of methoxy groups -OCH3 is 2. The van der Waals surface area contributed by atoms with Crippen molar-refractivity contribution in [1.29, 1.82) is 0 Å². The summed E-state index contributed by atoms with van der Waals surface area (Å²) in [5.74, 6) is 0. The molecule has 26 heavy (non-hydrogen) atoms. The van der Waals surface area contributed by atoms with Gasteiger partial charge in [0.15, 0.2) is 0 Å². The Morgan fingerprint density at radius 2 is 1.35 bits per heavy atom. The van der Waals surface area contributed by atoms with Crippen molar-refractivity contribution >= 4 is 69.0 Å². The molecule has 0 bridgehead atoms. The zero-order chi connectivity index (χ0) is 18.3. The molecule has 3 aromatic heterocycles. The number of fused-ring (bicyclic) bond motifs is 1. The van der Waals surface area contributed by atoms with Crippen molar-refractivity contribution in [3.8, 4) is 18.6 Å². The summed E-state index contributed by atoms with van der Waals surface area (Å²) in [5.41, 5.74) is 3.16. The molecule has 1 aliphatic rings. The van der Waals surface area contributed by atoms with Crippen LogP contribution >= 0.6 is 54.5 Å². The maximum atomic E-state index is 5.61. The Kier molecular flexibility index (Phi) is 5.99. The van der Waals surface area contributed by atoms with Gasteiger partial charge in [0, 0.05) is 0 Å². The molecule has 0 spiro atoms. The van der Waals surface area contributed by atoms with E-state index in [0.717, 1.165) is 26.1 Å². The van der Waals surface area contributed by atoms with Gasteiger partial charge in [-0.3, -0.25) is 0 Å². The Morgan fingerprint density at radius 1 is 0.885 bits per heavy atom. The summed E-state index contributed by atoms with van der Waals surface area (Å²) in [4.78, 5) is 2.81. The monoisotopic (exact) mass is 580 g/mol. The fourth-order valence-corrected chi connectivity index (χ4v) is 9.95. The van der Waals surface area contributed by atoms with Crippen molar-refractivity contribution in [3.63, 3.8) is 0 Å². The van der Waals surface area contributed by atoms with Crippen LogP contribution < -0.4 is 0 Å². The molecule has 7 heteroatoms. The van der Waals surface area contributed by atoms with Crippen LogP contribution in [0.15, 0.2) is 31.8 Å². The van der Waals surface area contributed by atoms with Gasteiger partial charge >= 0.3 is 186 Å². The zero-order valence-electron chi connectivity index (χ0n) is 14.4. The minimum atomic E-state index is 0.0597. The van der Waals surface area contributed by atoms with Crippen LogP contribution in [0.1, 0.15) is 11.1 Å². The molecule has 0 fully saturated rings. The van der Waals surface area contributed by atoms with E-state index in [4.69, 9.17) is 9.47 Å². The second-order valence-corrected chi connectivity index (χ2v) is 13.7. The van der Waals surface area contributed by atoms with Gasteiger partial charge in [-0.2, -0.15) is 0 Å². The molecule has 0 N–H and O–H groups in total. The van der Waals surface area contributed by atoms with Gasteiger partial charge in [-0.05, 0) is 0 Å². The summed E-state index contributed by atoms with van der Waals surface area (Å²) in [6.07, 6.45) is 2.10. The number of ether oxygens (including phenoxy) is 2. The van der Waals surface area contributed by atoms with Crippen LogP contribution in [0.5, 0.6) is 0 Å². The molecular weight excluding hydrogens is 563 g/mol. The summed E-state index contributed by atoms with van der Waals surface area (Å²) < 4.78 is 16.7. The van der Waals surface area contributed by atoms with Gasteiger partial charge < -0.3 is 0 Å². The number of thiophene rings is 2. The summed E-state index contributed by atoms with van der Waals surface area (Å²) in [5, 5.41) is 0. The number of rotatable bonds is 6. The van der Waals surface area contributed by atoms with Gasteiger partial charge in [0.05, 0.1) is 0 Å². The van der Waals surface area contributed by atoms with E-state index in [1.165, 1.54) is 17.3 Å². The molecule has 0 unspecified atom stereocenters. The summed E-state index contributed by atoms with van der Waals surface area (Å²) in [6.45, 7) is 1.48. The van der Waals surface area contributed by atoms with Crippen LogP contribution in [-0.4, -0.2) is 41.9 Å².